The Labute approximate surface area is 118 Å². The fraction of sp³-hybridized carbons (Fsp3) is 0.133. The van der Waals surface area contributed by atoms with Crippen molar-refractivity contribution in [3.63, 3.8) is 0 Å². The van der Waals surface area contributed by atoms with Gasteiger partial charge in [0.25, 0.3) is 5.91 Å². The number of nitrogens with one attached hydrogen (secondary N) is 1. The summed E-state index contributed by atoms with van der Waals surface area (Å²) in [6.45, 7) is 1.59. The van der Waals surface area contributed by atoms with Crippen LogP contribution in [0, 0.1) is 23.3 Å². The van der Waals surface area contributed by atoms with Crippen LogP contribution in [0.2, 0.25) is 0 Å². The third kappa shape index (κ3) is 3.39. The van der Waals surface area contributed by atoms with Crippen LogP contribution in [0.1, 0.15) is 28.9 Å². The average molecular weight is 297 g/mol. The second-order valence-corrected chi connectivity index (χ2v) is 4.50. The van der Waals surface area contributed by atoms with Gasteiger partial charge in [0, 0.05) is 5.56 Å². The van der Waals surface area contributed by atoms with Crippen LogP contribution in [0.15, 0.2) is 36.4 Å². The van der Waals surface area contributed by atoms with E-state index in [-0.39, 0.29) is 5.56 Å². The van der Waals surface area contributed by atoms with E-state index in [9.17, 15) is 22.4 Å². The van der Waals surface area contributed by atoms with Crippen molar-refractivity contribution in [1.29, 1.82) is 0 Å². The molecule has 2 aromatic carbocycles. The highest BCUT2D eigenvalue weighted by Crippen LogP contribution is 2.17. The molecule has 2 rings (SSSR count). The zero-order valence-corrected chi connectivity index (χ0v) is 11.0. The van der Waals surface area contributed by atoms with E-state index in [0.29, 0.717) is 17.7 Å². The van der Waals surface area contributed by atoms with Gasteiger partial charge in [-0.3, -0.25) is 4.79 Å². The molecule has 0 bridgehead atoms. The van der Waals surface area contributed by atoms with Crippen molar-refractivity contribution in [2.24, 2.45) is 0 Å². The Bertz CT molecular complexity index is 664. The van der Waals surface area contributed by atoms with E-state index in [4.69, 9.17) is 0 Å². The number of rotatable bonds is 3. The number of amides is 1. The van der Waals surface area contributed by atoms with Crippen molar-refractivity contribution in [2.75, 3.05) is 0 Å². The first kappa shape index (κ1) is 15.0. The highest BCUT2D eigenvalue weighted by molar-refractivity contribution is 5.94. The van der Waals surface area contributed by atoms with E-state index in [0.717, 1.165) is 0 Å². The van der Waals surface area contributed by atoms with Gasteiger partial charge in [0.15, 0.2) is 17.5 Å². The third-order valence-electron chi connectivity index (χ3n) is 2.94. The summed E-state index contributed by atoms with van der Waals surface area (Å²) < 4.78 is 52.0. The summed E-state index contributed by atoms with van der Waals surface area (Å²) in [6.07, 6.45) is 0. The Morgan fingerprint density at radius 3 is 2.24 bits per heavy atom. The Balaban J connectivity index is 2.18. The molecular formula is C15H11F4NO. The van der Waals surface area contributed by atoms with Crippen molar-refractivity contribution >= 4 is 5.91 Å². The van der Waals surface area contributed by atoms with Crippen LogP contribution in [0.25, 0.3) is 0 Å². The van der Waals surface area contributed by atoms with Crippen molar-refractivity contribution in [3.05, 3.63) is 70.8 Å². The minimum Gasteiger partial charge on any atom is -0.346 e. The van der Waals surface area contributed by atoms with Crippen molar-refractivity contribution in [3.8, 4) is 0 Å². The fourth-order valence-electron chi connectivity index (χ4n) is 1.83. The van der Waals surface area contributed by atoms with Crippen LogP contribution in [0.3, 0.4) is 0 Å². The fourth-order valence-corrected chi connectivity index (χ4v) is 1.83. The van der Waals surface area contributed by atoms with Crippen molar-refractivity contribution in [1.82, 2.24) is 5.32 Å². The Morgan fingerprint density at radius 2 is 1.67 bits per heavy atom. The van der Waals surface area contributed by atoms with E-state index in [1.54, 1.807) is 13.0 Å². The molecule has 2 aromatic rings. The summed E-state index contributed by atoms with van der Waals surface area (Å²) in [6, 6.07) is 6.19. The van der Waals surface area contributed by atoms with E-state index in [1.165, 1.54) is 18.2 Å². The summed E-state index contributed by atoms with van der Waals surface area (Å²) in [5, 5.41) is 2.45. The molecule has 1 N–H and O–H groups in total. The van der Waals surface area contributed by atoms with Gasteiger partial charge < -0.3 is 5.32 Å². The molecule has 0 aliphatic rings. The first-order valence-electron chi connectivity index (χ1n) is 6.09. The smallest absolute Gasteiger partial charge is 0.251 e. The van der Waals surface area contributed by atoms with Gasteiger partial charge >= 0.3 is 0 Å². The molecule has 0 aliphatic heterocycles. The van der Waals surface area contributed by atoms with E-state index >= 15 is 0 Å². The van der Waals surface area contributed by atoms with Crippen molar-refractivity contribution < 1.29 is 22.4 Å². The van der Waals surface area contributed by atoms with Gasteiger partial charge in [-0.25, -0.2) is 17.6 Å². The lowest BCUT2D eigenvalue weighted by molar-refractivity contribution is 0.0938. The molecule has 0 aromatic heterocycles. The molecule has 1 unspecified atom stereocenters. The third-order valence-corrected chi connectivity index (χ3v) is 2.94. The maximum absolute atomic E-state index is 13.1. The second kappa shape index (κ2) is 5.95. The summed E-state index contributed by atoms with van der Waals surface area (Å²) >= 11 is 0. The lowest BCUT2D eigenvalue weighted by Gasteiger charge is -2.14. The van der Waals surface area contributed by atoms with Gasteiger partial charge in [-0.15, -0.1) is 0 Å². The SMILES string of the molecule is CC(NC(=O)c1cc(F)c(F)c(F)c1)c1cccc(F)c1. The number of carbonyl (C=O) groups excluding carboxylic acids is 1. The van der Waals surface area contributed by atoms with Gasteiger partial charge in [-0.2, -0.15) is 0 Å². The molecule has 110 valence electrons. The number of hydrogen-bond donors (Lipinski definition) is 1. The van der Waals surface area contributed by atoms with Crippen LogP contribution in [0.5, 0.6) is 0 Å². The zero-order chi connectivity index (χ0) is 15.6. The molecule has 0 fully saturated rings. The maximum Gasteiger partial charge on any atom is 0.251 e. The van der Waals surface area contributed by atoms with Crippen LogP contribution in [0.4, 0.5) is 17.6 Å². The lowest BCUT2D eigenvalue weighted by atomic mass is 10.1. The van der Waals surface area contributed by atoms with Gasteiger partial charge in [0.05, 0.1) is 6.04 Å². The van der Waals surface area contributed by atoms with Crippen LogP contribution >= 0.6 is 0 Å². The standard InChI is InChI=1S/C15H11F4NO/c1-8(9-3-2-4-11(16)5-9)20-15(21)10-6-12(17)14(19)13(18)7-10/h2-8H,1H3,(H,20,21). The molecule has 1 atom stereocenters. The predicted molar refractivity (Wildman–Crippen MR) is 68.6 cm³/mol. The first-order valence-corrected chi connectivity index (χ1v) is 6.09. The molecule has 2 nitrogen and oxygen atoms in total. The molecular weight excluding hydrogens is 286 g/mol. The zero-order valence-electron chi connectivity index (χ0n) is 11.0. The average Bonchev–Trinajstić information content (AvgIpc) is 2.44. The lowest BCUT2D eigenvalue weighted by Crippen LogP contribution is -2.27. The Kier molecular flexibility index (Phi) is 4.26. The quantitative estimate of drug-likeness (QED) is 0.678. The minimum absolute atomic E-state index is 0.352. The minimum atomic E-state index is -1.63. The molecule has 0 aliphatic carbocycles. The second-order valence-electron chi connectivity index (χ2n) is 4.50. The van der Waals surface area contributed by atoms with Crippen LogP contribution in [-0.2, 0) is 0 Å². The first-order chi connectivity index (χ1) is 9.88. The number of carbonyl (C=O) groups is 1. The predicted octanol–water partition coefficient (Wildman–Crippen LogP) is 3.73. The van der Waals surface area contributed by atoms with Gasteiger partial charge in [0.2, 0.25) is 0 Å². The van der Waals surface area contributed by atoms with E-state index in [1.807, 2.05) is 0 Å². The molecule has 1 amide bonds. The summed E-state index contributed by atoms with van der Waals surface area (Å²) in [5.74, 6) is -5.78. The van der Waals surface area contributed by atoms with E-state index < -0.39 is 35.2 Å². The normalized spacial score (nSPS) is 12.0. The summed E-state index contributed by atoms with van der Waals surface area (Å²) in [5.41, 5.74) is 0.140. The van der Waals surface area contributed by atoms with Crippen molar-refractivity contribution in [2.45, 2.75) is 13.0 Å². The monoisotopic (exact) mass is 297 g/mol. The van der Waals surface area contributed by atoms with Crippen LogP contribution in [-0.4, -0.2) is 5.91 Å². The number of hydrogen-bond acceptors (Lipinski definition) is 1. The summed E-state index contributed by atoms with van der Waals surface area (Å²) in [4.78, 5) is 11.9. The van der Waals surface area contributed by atoms with Gasteiger partial charge in [0.1, 0.15) is 5.82 Å². The molecule has 6 heteroatoms. The van der Waals surface area contributed by atoms with Gasteiger partial charge in [-0.05, 0) is 36.8 Å². The molecule has 21 heavy (non-hydrogen) atoms. The van der Waals surface area contributed by atoms with Gasteiger partial charge in [-0.1, -0.05) is 12.1 Å². The molecule has 0 spiro atoms. The topological polar surface area (TPSA) is 29.1 Å². The highest BCUT2D eigenvalue weighted by Gasteiger charge is 2.17. The van der Waals surface area contributed by atoms with Crippen LogP contribution < -0.4 is 5.32 Å². The number of benzene rings is 2. The molecule has 0 radical (unpaired) electrons. The molecule has 0 saturated carbocycles. The maximum atomic E-state index is 13.1. The molecule has 0 saturated heterocycles. The number of halogens is 4. The summed E-state index contributed by atoms with van der Waals surface area (Å²) in [7, 11) is 0. The molecule has 0 heterocycles. The Morgan fingerprint density at radius 1 is 1.05 bits per heavy atom. The highest BCUT2D eigenvalue weighted by atomic mass is 19.2. The largest absolute Gasteiger partial charge is 0.346 e. The van der Waals surface area contributed by atoms with E-state index in [2.05, 4.69) is 5.32 Å². The Hall–Kier alpha value is -2.37.